The summed E-state index contributed by atoms with van der Waals surface area (Å²) in [6.45, 7) is 6.89. The number of likely N-dealkylation sites (N-methyl/N-ethyl adjacent to an activating group) is 1. The van der Waals surface area contributed by atoms with Gasteiger partial charge in [0.05, 0.1) is 11.6 Å². The van der Waals surface area contributed by atoms with Crippen LogP contribution in [0, 0.1) is 23.2 Å². The largest absolute Gasteiger partial charge is 0.396 e. The van der Waals surface area contributed by atoms with Crippen LogP contribution in [0.4, 0.5) is 15.5 Å². The highest BCUT2D eigenvalue weighted by Gasteiger charge is 2.43. The summed E-state index contributed by atoms with van der Waals surface area (Å²) >= 11 is 1.61. The number of fused-ring (bicyclic) bond motifs is 2. The molecule has 1 aromatic heterocycles. The molecule has 5 N–H and O–H groups in total. The SMILES string of the molecule is CN(C)CC(C)(C)CNC(=O)N(CC1CC1)C(=O)[C@@H]1C[C@@H]2Cc3c(sc(N)c3N)C[C@H]2N(C)C1. The molecule has 34 heavy (non-hydrogen) atoms. The van der Waals surface area contributed by atoms with E-state index >= 15 is 0 Å². The number of nitrogen functional groups attached to an aromatic ring is 2. The van der Waals surface area contributed by atoms with Gasteiger partial charge in [0.25, 0.3) is 0 Å². The number of carbonyl (C=O) groups excluding carboxylic acids is 2. The number of nitrogens with zero attached hydrogens (tertiary/aromatic N) is 3. The lowest BCUT2D eigenvalue weighted by Crippen LogP contribution is -2.56. The molecule has 2 aliphatic carbocycles. The maximum Gasteiger partial charge on any atom is 0.324 e. The van der Waals surface area contributed by atoms with Crippen LogP contribution in [0.15, 0.2) is 0 Å². The van der Waals surface area contributed by atoms with Gasteiger partial charge in [-0.1, -0.05) is 13.8 Å². The minimum absolute atomic E-state index is 0.0243. The van der Waals surface area contributed by atoms with Crippen molar-refractivity contribution in [3.8, 4) is 0 Å². The van der Waals surface area contributed by atoms with E-state index < -0.39 is 0 Å². The van der Waals surface area contributed by atoms with Gasteiger partial charge in [-0.3, -0.25) is 9.69 Å². The van der Waals surface area contributed by atoms with Crippen LogP contribution in [0.3, 0.4) is 0 Å². The molecule has 8 nitrogen and oxygen atoms in total. The summed E-state index contributed by atoms with van der Waals surface area (Å²) in [5, 5.41) is 3.78. The Morgan fingerprint density at radius 2 is 1.91 bits per heavy atom. The highest BCUT2D eigenvalue weighted by atomic mass is 32.1. The Bertz CT molecular complexity index is 925. The van der Waals surface area contributed by atoms with Crippen LogP contribution in [-0.2, 0) is 17.6 Å². The van der Waals surface area contributed by atoms with Crippen molar-refractivity contribution in [3.05, 3.63) is 10.4 Å². The van der Waals surface area contributed by atoms with Gasteiger partial charge in [0.15, 0.2) is 0 Å². The molecule has 3 aliphatic rings. The van der Waals surface area contributed by atoms with Crippen molar-refractivity contribution >= 4 is 34.0 Å². The van der Waals surface area contributed by atoms with Gasteiger partial charge in [0.1, 0.15) is 5.00 Å². The molecule has 2 heterocycles. The number of hydrogen-bond acceptors (Lipinski definition) is 7. The Hall–Kier alpha value is -1.84. The molecule has 0 radical (unpaired) electrons. The fourth-order valence-electron chi connectivity index (χ4n) is 5.92. The third-order valence-electron chi connectivity index (χ3n) is 7.69. The average Bonchev–Trinajstić information content (AvgIpc) is 3.53. The van der Waals surface area contributed by atoms with E-state index in [0.717, 1.165) is 44.3 Å². The van der Waals surface area contributed by atoms with E-state index in [1.54, 1.807) is 11.3 Å². The van der Waals surface area contributed by atoms with E-state index in [1.165, 1.54) is 15.3 Å². The molecule has 3 atom stereocenters. The van der Waals surface area contributed by atoms with Crippen molar-refractivity contribution in [2.75, 3.05) is 58.8 Å². The highest BCUT2D eigenvalue weighted by Crippen LogP contribution is 2.44. The van der Waals surface area contributed by atoms with Crippen molar-refractivity contribution in [1.82, 2.24) is 20.0 Å². The molecular weight excluding hydrogens is 448 g/mol. The van der Waals surface area contributed by atoms with Gasteiger partial charge in [-0.25, -0.2) is 4.79 Å². The maximum atomic E-state index is 13.7. The Balaban J connectivity index is 1.44. The molecule has 1 saturated carbocycles. The second-order valence-corrected chi connectivity index (χ2v) is 13.0. The zero-order valence-corrected chi connectivity index (χ0v) is 22.2. The molecule has 3 amide bonds. The number of nitrogens with two attached hydrogens (primary N) is 2. The van der Waals surface area contributed by atoms with Gasteiger partial charge in [-0.05, 0) is 76.1 Å². The van der Waals surface area contributed by atoms with Crippen LogP contribution in [0.5, 0.6) is 0 Å². The lowest BCUT2D eigenvalue weighted by atomic mass is 9.74. The quantitative estimate of drug-likeness (QED) is 0.542. The number of piperidine rings is 1. The number of urea groups is 1. The van der Waals surface area contributed by atoms with Crippen molar-refractivity contribution < 1.29 is 9.59 Å². The first-order chi connectivity index (χ1) is 15.9. The fourth-order valence-corrected chi connectivity index (χ4v) is 6.99. The summed E-state index contributed by atoms with van der Waals surface area (Å²) < 4.78 is 0. The molecular formula is C25H42N6O2S. The normalized spacial score (nSPS) is 25.1. The monoisotopic (exact) mass is 490 g/mol. The lowest BCUT2D eigenvalue weighted by molar-refractivity contribution is -0.136. The summed E-state index contributed by atoms with van der Waals surface area (Å²) in [6.07, 6.45) is 4.79. The highest BCUT2D eigenvalue weighted by molar-refractivity contribution is 7.16. The molecule has 0 aromatic carbocycles. The van der Waals surface area contributed by atoms with Crippen LogP contribution in [0.2, 0.25) is 0 Å². The molecule has 1 aromatic rings. The molecule has 0 bridgehead atoms. The van der Waals surface area contributed by atoms with Crippen molar-refractivity contribution in [1.29, 1.82) is 0 Å². The molecule has 1 aliphatic heterocycles. The summed E-state index contributed by atoms with van der Waals surface area (Å²) in [4.78, 5) is 34.2. The third-order valence-corrected chi connectivity index (χ3v) is 8.79. The minimum Gasteiger partial charge on any atom is -0.396 e. The number of carbonyl (C=O) groups is 2. The first kappa shape index (κ1) is 25.3. The van der Waals surface area contributed by atoms with Crippen molar-refractivity contribution in [2.45, 2.75) is 52.0 Å². The zero-order valence-electron chi connectivity index (χ0n) is 21.4. The van der Waals surface area contributed by atoms with E-state index in [-0.39, 0.29) is 23.3 Å². The first-order valence-electron chi connectivity index (χ1n) is 12.5. The van der Waals surface area contributed by atoms with E-state index in [4.69, 9.17) is 11.5 Å². The minimum atomic E-state index is -0.241. The molecule has 1 saturated heterocycles. The van der Waals surface area contributed by atoms with Gasteiger partial charge in [0, 0.05) is 37.1 Å². The number of imide groups is 1. The summed E-state index contributed by atoms with van der Waals surface area (Å²) in [5.74, 6) is 0.596. The number of anilines is 2. The Morgan fingerprint density at radius 1 is 1.21 bits per heavy atom. The molecule has 190 valence electrons. The van der Waals surface area contributed by atoms with Gasteiger partial charge in [-0.15, -0.1) is 11.3 Å². The number of thiophene rings is 1. The van der Waals surface area contributed by atoms with Crippen LogP contribution in [0.25, 0.3) is 0 Å². The van der Waals surface area contributed by atoms with Crippen LogP contribution >= 0.6 is 11.3 Å². The fraction of sp³-hybridized carbons (Fsp3) is 0.760. The second-order valence-electron chi connectivity index (χ2n) is 11.8. The van der Waals surface area contributed by atoms with Gasteiger partial charge >= 0.3 is 6.03 Å². The number of likely N-dealkylation sites (tertiary alicyclic amines) is 1. The first-order valence-corrected chi connectivity index (χ1v) is 13.4. The smallest absolute Gasteiger partial charge is 0.324 e. The maximum absolute atomic E-state index is 13.7. The standard InChI is InChI=1S/C25H42N6O2S/c1-25(2,14-29(3)4)13-28-24(33)31(11-15-6-7-15)23(32)17-8-16-9-18-20(34-22(27)21(18)26)10-19(16)30(5)12-17/h15-17,19H,6-14,26-27H2,1-5H3,(H,28,33)/t16-,17-,19-/m1/s1. The zero-order chi connectivity index (χ0) is 24.8. The van der Waals surface area contributed by atoms with Crippen LogP contribution in [-0.4, -0.2) is 80.0 Å². The topological polar surface area (TPSA) is 108 Å². The van der Waals surface area contributed by atoms with E-state index in [9.17, 15) is 9.59 Å². The number of hydrogen-bond donors (Lipinski definition) is 3. The van der Waals surface area contributed by atoms with Gasteiger partial charge in [0.2, 0.25) is 5.91 Å². The van der Waals surface area contributed by atoms with Crippen molar-refractivity contribution in [3.63, 3.8) is 0 Å². The summed E-state index contributed by atoms with van der Waals surface area (Å²) in [5.41, 5.74) is 14.2. The molecule has 0 spiro atoms. The second kappa shape index (κ2) is 9.66. The van der Waals surface area contributed by atoms with Crippen molar-refractivity contribution in [2.24, 2.45) is 23.2 Å². The predicted molar refractivity (Wildman–Crippen MR) is 139 cm³/mol. The van der Waals surface area contributed by atoms with Gasteiger partial charge in [-0.2, -0.15) is 0 Å². The van der Waals surface area contributed by atoms with Crippen LogP contribution < -0.4 is 16.8 Å². The summed E-state index contributed by atoms with van der Waals surface area (Å²) in [6, 6.07) is 0.154. The third kappa shape index (κ3) is 5.52. The van der Waals surface area contributed by atoms with E-state index in [0.29, 0.717) is 42.5 Å². The lowest BCUT2D eigenvalue weighted by Gasteiger charge is -2.45. The Kier molecular flexibility index (Phi) is 7.18. The molecule has 0 unspecified atom stereocenters. The Morgan fingerprint density at radius 3 is 2.56 bits per heavy atom. The van der Waals surface area contributed by atoms with E-state index in [2.05, 4.69) is 36.0 Å². The average molecular weight is 491 g/mol. The molecule has 4 rings (SSSR count). The number of rotatable bonds is 7. The van der Waals surface area contributed by atoms with Gasteiger partial charge < -0.3 is 26.6 Å². The number of nitrogens with one attached hydrogen (secondary N) is 1. The Labute approximate surface area is 208 Å². The van der Waals surface area contributed by atoms with Crippen LogP contribution in [0.1, 0.15) is 43.6 Å². The molecule has 2 fully saturated rings. The number of amides is 3. The predicted octanol–water partition coefficient (Wildman–Crippen LogP) is 2.48. The molecule has 9 heteroatoms. The van der Waals surface area contributed by atoms with E-state index in [1.807, 2.05) is 14.1 Å². The summed E-state index contributed by atoms with van der Waals surface area (Å²) in [7, 11) is 6.18.